The molecule has 3 nitrogen and oxygen atoms in total. The summed E-state index contributed by atoms with van der Waals surface area (Å²) in [5.41, 5.74) is 0. The molecule has 2 unspecified atom stereocenters. The van der Waals surface area contributed by atoms with Gasteiger partial charge in [0.1, 0.15) is 0 Å². The summed E-state index contributed by atoms with van der Waals surface area (Å²) in [4.78, 5) is 0. The number of aliphatic hydroxyl groups excluding tert-OH is 1. The first-order chi connectivity index (χ1) is 5.66. The Morgan fingerprint density at radius 1 is 1.42 bits per heavy atom. The maximum Gasteiger partial charge on any atom is 0.196 e. The van der Waals surface area contributed by atoms with Gasteiger partial charge in [-0.3, -0.25) is 0 Å². The minimum atomic E-state index is -0.439. The van der Waals surface area contributed by atoms with Crippen molar-refractivity contribution in [3.8, 4) is 0 Å². The van der Waals surface area contributed by atoms with E-state index in [4.69, 9.17) is 14.6 Å². The normalized spacial score (nSPS) is 16.3. The molecule has 72 valence electrons. The Morgan fingerprint density at radius 3 is 2.58 bits per heavy atom. The van der Waals surface area contributed by atoms with Crippen LogP contribution in [0.1, 0.15) is 27.2 Å². The van der Waals surface area contributed by atoms with Gasteiger partial charge in [-0.2, -0.15) is 0 Å². The molecule has 0 aliphatic rings. The van der Waals surface area contributed by atoms with Crippen LogP contribution in [0.2, 0.25) is 0 Å². The van der Waals surface area contributed by atoms with Crippen LogP contribution in [-0.4, -0.2) is 24.1 Å². The van der Waals surface area contributed by atoms with E-state index in [9.17, 15) is 0 Å². The first-order valence-electron chi connectivity index (χ1n) is 4.27. The molecule has 12 heavy (non-hydrogen) atoms. The molecule has 0 saturated heterocycles. The molecule has 0 aromatic heterocycles. The smallest absolute Gasteiger partial charge is 0.196 e. The van der Waals surface area contributed by atoms with Gasteiger partial charge in [-0.05, 0) is 26.3 Å². The van der Waals surface area contributed by atoms with Crippen LogP contribution in [0.3, 0.4) is 0 Å². The number of ether oxygens (including phenoxy) is 2. The van der Waals surface area contributed by atoms with Crippen molar-refractivity contribution in [2.24, 2.45) is 0 Å². The first-order valence-corrected chi connectivity index (χ1v) is 4.27. The van der Waals surface area contributed by atoms with E-state index in [0.717, 1.165) is 6.42 Å². The number of rotatable bonds is 6. The minimum absolute atomic E-state index is 0.289. The molecule has 0 fully saturated rings. The quantitative estimate of drug-likeness (QED) is 0.491. The van der Waals surface area contributed by atoms with Crippen molar-refractivity contribution in [3.63, 3.8) is 0 Å². The minimum Gasteiger partial charge on any atom is -0.473 e. The van der Waals surface area contributed by atoms with Crippen LogP contribution in [0.15, 0.2) is 12.3 Å². The van der Waals surface area contributed by atoms with Crippen LogP contribution < -0.4 is 0 Å². The Labute approximate surface area is 74.0 Å². The van der Waals surface area contributed by atoms with Crippen LogP contribution >= 0.6 is 0 Å². The van der Waals surface area contributed by atoms with Crippen LogP contribution in [-0.2, 0) is 9.47 Å². The predicted molar refractivity (Wildman–Crippen MR) is 47.6 cm³/mol. The third-order valence-corrected chi connectivity index (χ3v) is 1.17. The van der Waals surface area contributed by atoms with Gasteiger partial charge in [0.15, 0.2) is 6.29 Å². The highest BCUT2D eigenvalue weighted by Gasteiger charge is 2.01. The average molecular weight is 174 g/mol. The summed E-state index contributed by atoms with van der Waals surface area (Å²) in [5, 5.41) is 8.87. The van der Waals surface area contributed by atoms with Crippen LogP contribution in [0, 0.1) is 0 Å². The van der Waals surface area contributed by atoms with Crippen molar-refractivity contribution in [1.82, 2.24) is 0 Å². The molecule has 0 aliphatic heterocycles. The summed E-state index contributed by atoms with van der Waals surface area (Å²) >= 11 is 0. The Hall–Kier alpha value is -0.540. The lowest BCUT2D eigenvalue weighted by Crippen LogP contribution is -2.17. The molecule has 0 radical (unpaired) electrons. The van der Waals surface area contributed by atoms with Crippen molar-refractivity contribution in [2.75, 3.05) is 6.61 Å². The van der Waals surface area contributed by atoms with E-state index in [2.05, 4.69) is 0 Å². The number of hydrogen-bond donors (Lipinski definition) is 1. The summed E-state index contributed by atoms with van der Waals surface area (Å²) in [7, 11) is 0. The fourth-order valence-corrected chi connectivity index (χ4v) is 0.576. The van der Waals surface area contributed by atoms with Crippen molar-refractivity contribution in [1.29, 1.82) is 0 Å². The zero-order valence-corrected chi connectivity index (χ0v) is 7.99. The number of hydrogen-bond acceptors (Lipinski definition) is 3. The monoisotopic (exact) mass is 174 g/mol. The van der Waals surface area contributed by atoms with Crippen LogP contribution in [0.25, 0.3) is 0 Å². The molecular formula is C9H18O3. The fraction of sp³-hybridized carbons (Fsp3) is 0.778. The third kappa shape index (κ3) is 7.57. The number of allylic oxidation sites excluding steroid dienone is 1. The second kappa shape index (κ2) is 7.13. The highest BCUT2D eigenvalue weighted by molar-refractivity contribution is 4.70. The van der Waals surface area contributed by atoms with Crippen molar-refractivity contribution >= 4 is 0 Å². The molecule has 0 heterocycles. The maximum absolute atomic E-state index is 8.87. The van der Waals surface area contributed by atoms with E-state index in [0.29, 0.717) is 6.61 Å². The van der Waals surface area contributed by atoms with Crippen molar-refractivity contribution in [3.05, 3.63) is 12.3 Å². The molecule has 3 heteroatoms. The highest BCUT2D eigenvalue weighted by atomic mass is 16.7. The molecule has 0 saturated carbocycles. The van der Waals surface area contributed by atoms with E-state index in [1.807, 2.05) is 13.0 Å². The lowest BCUT2D eigenvalue weighted by Gasteiger charge is -2.13. The van der Waals surface area contributed by atoms with Gasteiger partial charge in [-0.1, -0.05) is 6.92 Å². The first kappa shape index (κ1) is 11.5. The van der Waals surface area contributed by atoms with E-state index in [1.54, 1.807) is 20.1 Å². The molecule has 0 spiro atoms. The van der Waals surface area contributed by atoms with E-state index < -0.39 is 6.10 Å². The largest absolute Gasteiger partial charge is 0.473 e. The van der Waals surface area contributed by atoms with Gasteiger partial charge in [0.2, 0.25) is 0 Å². The Morgan fingerprint density at radius 2 is 2.08 bits per heavy atom. The molecule has 0 aromatic rings. The van der Waals surface area contributed by atoms with Crippen molar-refractivity contribution < 1.29 is 14.6 Å². The van der Waals surface area contributed by atoms with Gasteiger partial charge in [0, 0.05) is 0 Å². The molecule has 1 N–H and O–H groups in total. The summed E-state index contributed by atoms with van der Waals surface area (Å²) in [5.74, 6) is 0. The average Bonchev–Trinajstić information content (AvgIpc) is 2.01. The molecule has 0 rings (SSSR count). The predicted octanol–water partition coefficient (Wildman–Crippen LogP) is 1.67. The van der Waals surface area contributed by atoms with Gasteiger partial charge in [0.25, 0.3) is 0 Å². The second-order valence-electron chi connectivity index (χ2n) is 2.67. The summed E-state index contributed by atoms with van der Waals surface area (Å²) < 4.78 is 10.2. The molecule has 2 atom stereocenters. The molecule has 0 aromatic carbocycles. The SMILES string of the molecule is CCC=COC(C)OCC(C)O. The Balaban J connectivity index is 3.33. The summed E-state index contributed by atoms with van der Waals surface area (Å²) in [6.07, 6.45) is 3.74. The van der Waals surface area contributed by atoms with Gasteiger partial charge in [-0.15, -0.1) is 0 Å². The lowest BCUT2D eigenvalue weighted by molar-refractivity contribution is -0.113. The summed E-state index contributed by atoms with van der Waals surface area (Å²) in [6.45, 7) is 5.80. The van der Waals surface area contributed by atoms with Gasteiger partial charge >= 0.3 is 0 Å². The van der Waals surface area contributed by atoms with E-state index >= 15 is 0 Å². The zero-order valence-electron chi connectivity index (χ0n) is 7.99. The molecule has 0 aliphatic carbocycles. The Kier molecular flexibility index (Phi) is 6.81. The standard InChI is InChI=1S/C9H18O3/c1-4-5-6-11-9(3)12-7-8(2)10/h5-6,8-10H,4,7H2,1-3H3. The fourth-order valence-electron chi connectivity index (χ4n) is 0.576. The van der Waals surface area contributed by atoms with Crippen molar-refractivity contribution in [2.45, 2.75) is 39.6 Å². The van der Waals surface area contributed by atoms with Gasteiger partial charge < -0.3 is 14.6 Å². The van der Waals surface area contributed by atoms with E-state index in [1.165, 1.54) is 0 Å². The highest BCUT2D eigenvalue weighted by Crippen LogP contribution is 1.96. The number of aliphatic hydroxyl groups is 1. The summed E-state index contributed by atoms with van der Waals surface area (Å²) in [6, 6.07) is 0. The maximum atomic E-state index is 8.87. The molecule has 0 bridgehead atoms. The molecule has 0 amide bonds. The third-order valence-electron chi connectivity index (χ3n) is 1.17. The van der Waals surface area contributed by atoms with E-state index in [-0.39, 0.29) is 6.29 Å². The van der Waals surface area contributed by atoms with Crippen LogP contribution in [0.4, 0.5) is 0 Å². The van der Waals surface area contributed by atoms with Gasteiger partial charge in [-0.25, -0.2) is 0 Å². The molecular weight excluding hydrogens is 156 g/mol. The Bertz CT molecular complexity index is 121. The van der Waals surface area contributed by atoms with Gasteiger partial charge in [0.05, 0.1) is 19.0 Å². The van der Waals surface area contributed by atoms with Crippen LogP contribution in [0.5, 0.6) is 0 Å². The zero-order chi connectivity index (χ0) is 9.40. The lowest BCUT2D eigenvalue weighted by atomic mass is 10.4. The second-order valence-corrected chi connectivity index (χ2v) is 2.67. The topological polar surface area (TPSA) is 38.7 Å².